The molecule has 0 radical (unpaired) electrons. The minimum Gasteiger partial charge on any atom is -0.489 e. The molecule has 2 amide bonds. The van der Waals surface area contributed by atoms with Crippen molar-refractivity contribution in [2.75, 3.05) is 31.7 Å². The topological polar surface area (TPSA) is 105 Å². The van der Waals surface area contributed by atoms with E-state index >= 15 is 0 Å². The molecule has 0 bridgehead atoms. The number of aromatic carboxylic acids is 1. The van der Waals surface area contributed by atoms with Gasteiger partial charge in [-0.2, -0.15) is 0 Å². The average molecular weight is 294 g/mol. The molecular weight excluding hydrogens is 280 g/mol. The number of anilines is 1. The molecule has 112 valence electrons. The molecule has 8 heteroatoms. The molecular formula is C13H14N2O6. The lowest BCUT2D eigenvalue weighted by atomic mass is 10.1. The molecule has 8 nitrogen and oxygen atoms in total. The Morgan fingerprint density at radius 2 is 2.19 bits per heavy atom. The summed E-state index contributed by atoms with van der Waals surface area (Å²) in [6.45, 7) is 0.558. The second kappa shape index (κ2) is 6.12. The summed E-state index contributed by atoms with van der Waals surface area (Å²) >= 11 is 0. The zero-order valence-corrected chi connectivity index (χ0v) is 11.3. The summed E-state index contributed by atoms with van der Waals surface area (Å²) in [5.41, 5.74) is 0.534. The second-order valence-electron chi connectivity index (χ2n) is 4.27. The van der Waals surface area contributed by atoms with Crippen molar-refractivity contribution in [2.24, 2.45) is 0 Å². The smallest absolute Gasteiger partial charge is 0.413 e. The third-order valence-electron chi connectivity index (χ3n) is 2.93. The summed E-state index contributed by atoms with van der Waals surface area (Å²) in [5.74, 6) is -1.43. The minimum atomic E-state index is -1.10. The monoisotopic (exact) mass is 294 g/mol. The number of hydrogen-bond donors (Lipinski definition) is 2. The number of imide groups is 1. The normalized spacial score (nSPS) is 12.9. The van der Waals surface area contributed by atoms with Gasteiger partial charge in [-0.3, -0.25) is 10.1 Å². The zero-order valence-electron chi connectivity index (χ0n) is 11.3. The molecule has 2 N–H and O–H groups in total. The fourth-order valence-electron chi connectivity index (χ4n) is 2.01. The molecule has 0 aliphatic carbocycles. The van der Waals surface area contributed by atoms with Gasteiger partial charge in [-0.25, -0.2) is 9.59 Å². The molecule has 1 heterocycles. The summed E-state index contributed by atoms with van der Waals surface area (Å²) in [7, 11) is 1.16. The van der Waals surface area contributed by atoms with Crippen molar-refractivity contribution in [3.63, 3.8) is 0 Å². The number of amides is 2. The van der Waals surface area contributed by atoms with E-state index < -0.39 is 18.0 Å². The first-order valence-corrected chi connectivity index (χ1v) is 6.14. The van der Waals surface area contributed by atoms with E-state index in [2.05, 4.69) is 4.74 Å². The van der Waals surface area contributed by atoms with Gasteiger partial charge in [0.1, 0.15) is 12.2 Å². The summed E-state index contributed by atoms with van der Waals surface area (Å²) in [6.07, 6.45) is -0.840. The third kappa shape index (κ3) is 3.22. The van der Waals surface area contributed by atoms with Gasteiger partial charge in [0, 0.05) is 0 Å². The van der Waals surface area contributed by atoms with E-state index in [-0.39, 0.29) is 24.5 Å². The van der Waals surface area contributed by atoms with Crippen LogP contribution in [0.5, 0.6) is 5.75 Å². The number of carbonyl (C=O) groups is 3. The molecule has 1 aliphatic heterocycles. The number of carbonyl (C=O) groups excluding carboxylic acids is 2. The van der Waals surface area contributed by atoms with Crippen molar-refractivity contribution >= 4 is 23.7 Å². The lowest BCUT2D eigenvalue weighted by Gasteiger charge is -2.31. The first kappa shape index (κ1) is 14.6. The molecule has 21 heavy (non-hydrogen) atoms. The number of nitrogens with one attached hydrogen (secondary N) is 1. The Kier molecular flexibility index (Phi) is 4.27. The number of alkyl carbamates (subject to hydrolysis) is 1. The Hall–Kier alpha value is -2.77. The highest BCUT2D eigenvalue weighted by Crippen LogP contribution is 2.34. The second-order valence-corrected chi connectivity index (χ2v) is 4.27. The van der Waals surface area contributed by atoms with Crippen molar-refractivity contribution < 1.29 is 29.0 Å². The van der Waals surface area contributed by atoms with E-state index in [0.717, 1.165) is 7.11 Å². The Balaban J connectivity index is 2.19. The molecule has 0 spiro atoms. The number of fused-ring (bicyclic) bond motifs is 1. The number of nitrogens with zero attached hydrogens (tertiary/aromatic N) is 1. The summed E-state index contributed by atoms with van der Waals surface area (Å²) in [5, 5.41) is 11.2. The van der Waals surface area contributed by atoms with Crippen LogP contribution in [0.4, 0.5) is 10.5 Å². The van der Waals surface area contributed by atoms with Crippen LogP contribution >= 0.6 is 0 Å². The van der Waals surface area contributed by atoms with Crippen LogP contribution in [0.2, 0.25) is 0 Å². The maximum atomic E-state index is 11.7. The molecule has 1 aromatic carbocycles. The van der Waals surface area contributed by atoms with E-state index in [4.69, 9.17) is 9.84 Å². The lowest BCUT2D eigenvalue weighted by molar-refractivity contribution is -0.119. The number of hydrogen-bond acceptors (Lipinski definition) is 6. The van der Waals surface area contributed by atoms with Crippen LogP contribution in [0.1, 0.15) is 10.4 Å². The Morgan fingerprint density at radius 3 is 2.86 bits per heavy atom. The highest BCUT2D eigenvalue weighted by Gasteiger charge is 2.25. The van der Waals surface area contributed by atoms with Gasteiger partial charge in [-0.1, -0.05) is 6.07 Å². The molecule has 0 fully saturated rings. The van der Waals surface area contributed by atoms with Crippen LogP contribution in [0.3, 0.4) is 0 Å². The highest BCUT2D eigenvalue weighted by atomic mass is 16.5. The maximum absolute atomic E-state index is 11.7. The standard InChI is InChI=1S/C13H14N2O6/c1-20-13(19)14-10(16)7-15-5-6-21-11-8(12(17)18)3-2-4-9(11)15/h2-4H,5-7H2,1H3,(H,17,18)(H,14,16,19). The van der Waals surface area contributed by atoms with Crippen molar-refractivity contribution in [3.05, 3.63) is 23.8 Å². The van der Waals surface area contributed by atoms with E-state index in [9.17, 15) is 14.4 Å². The van der Waals surface area contributed by atoms with E-state index in [1.807, 2.05) is 5.32 Å². The van der Waals surface area contributed by atoms with Gasteiger partial charge in [0.2, 0.25) is 5.91 Å². The van der Waals surface area contributed by atoms with Crippen LogP contribution in [0, 0.1) is 0 Å². The van der Waals surface area contributed by atoms with Crippen molar-refractivity contribution in [1.29, 1.82) is 0 Å². The molecule has 0 aromatic heterocycles. The van der Waals surface area contributed by atoms with E-state index in [1.165, 1.54) is 6.07 Å². The molecule has 0 saturated heterocycles. The van der Waals surface area contributed by atoms with Gasteiger partial charge in [-0.05, 0) is 12.1 Å². The molecule has 1 aromatic rings. The largest absolute Gasteiger partial charge is 0.489 e. The number of para-hydroxylation sites is 1. The molecule has 0 unspecified atom stereocenters. The zero-order chi connectivity index (χ0) is 15.4. The predicted molar refractivity (Wildman–Crippen MR) is 71.7 cm³/mol. The number of ether oxygens (including phenoxy) is 2. The number of carboxylic acids is 1. The summed E-state index contributed by atoms with van der Waals surface area (Å²) in [6, 6.07) is 4.66. The molecule has 1 aliphatic rings. The Bertz CT molecular complexity index is 586. The number of carboxylic acid groups (broad SMARTS) is 1. The van der Waals surface area contributed by atoms with Crippen LogP contribution < -0.4 is 15.0 Å². The fraction of sp³-hybridized carbons (Fsp3) is 0.308. The fourth-order valence-corrected chi connectivity index (χ4v) is 2.01. The SMILES string of the molecule is COC(=O)NC(=O)CN1CCOc2c(C(=O)O)cccc21. The van der Waals surface area contributed by atoms with E-state index in [0.29, 0.717) is 12.2 Å². The first-order valence-electron chi connectivity index (χ1n) is 6.14. The van der Waals surface area contributed by atoms with Crippen LogP contribution in [0.25, 0.3) is 0 Å². The quantitative estimate of drug-likeness (QED) is 0.834. The number of methoxy groups -OCH3 is 1. The van der Waals surface area contributed by atoms with Gasteiger partial charge in [0.25, 0.3) is 0 Å². The number of benzene rings is 1. The van der Waals surface area contributed by atoms with Gasteiger partial charge in [0.05, 0.1) is 25.9 Å². The van der Waals surface area contributed by atoms with E-state index in [1.54, 1.807) is 17.0 Å². The summed E-state index contributed by atoms with van der Waals surface area (Å²) in [4.78, 5) is 35.5. The van der Waals surface area contributed by atoms with Crippen molar-refractivity contribution in [3.8, 4) is 5.75 Å². The van der Waals surface area contributed by atoms with Gasteiger partial charge in [-0.15, -0.1) is 0 Å². The van der Waals surface area contributed by atoms with Crippen LogP contribution in [-0.4, -0.2) is 49.9 Å². The highest BCUT2D eigenvalue weighted by molar-refractivity contribution is 5.96. The molecule has 0 atom stereocenters. The van der Waals surface area contributed by atoms with Crippen LogP contribution in [-0.2, 0) is 9.53 Å². The lowest BCUT2D eigenvalue weighted by Crippen LogP contribution is -2.43. The first-order chi connectivity index (χ1) is 10.0. The molecule has 0 saturated carbocycles. The predicted octanol–water partition coefficient (Wildman–Crippen LogP) is 0.466. The third-order valence-corrected chi connectivity index (χ3v) is 2.93. The van der Waals surface area contributed by atoms with Gasteiger partial charge < -0.3 is 19.5 Å². The average Bonchev–Trinajstić information content (AvgIpc) is 2.46. The Morgan fingerprint density at radius 1 is 1.43 bits per heavy atom. The van der Waals surface area contributed by atoms with Crippen molar-refractivity contribution in [2.45, 2.75) is 0 Å². The number of rotatable bonds is 3. The summed E-state index contributed by atoms with van der Waals surface area (Å²) < 4.78 is 9.72. The van der Waals surface area contributed by atoms with Crippen LogP contribution in [0.15, 0.2) is 18.2 Å². The minimum absolute atomic E-state index is 0.0329. The van der Waals surface area contributed by atoms with Gasteiger partial charge in [0.15, 0.2) is 5.75 Å². The van der Waals surface area contributed by atoms with Gasteiger partial charge >= 0.3 is 12.1 Å². The van der Waals surface area contributed by atoms with Crippen molar-refractivity contribution in [1.82, 2.24) is 5.32 Å². The molecule has 2 rings (SSSR count). The maximum Gasteiger partial charge on any atom is 0.413 e. The Labute approximate surface area is 120 Å².